The largest absolute Gasteiger partial charge is 0.310 e. The van der Waals surface area contributed by atoms with Crippen LogP contribution >= 0.6 is 11.3 Å². The third-order valence-corrected chi connectivity index (χ3v) is 3.69. The van der Waals surface area contributed by atoms with Gasteiger partial charge in [0.25, 0.3) is 0 Å². The Labute approximate surface area is 108 Å². The molecule has 0 bridgehead atoms. The van der Waals surface area contributed by atoms with Crippen LogP contribution in [0.25, 0.3) is 0 Å². The third-order valence-electron chi connectivity index (χ3n) is 2.37. The zero-order valence-corrected chi connectivity index (χ0v) is 12.1. The second-order valence-corrected chi connectivity index (χ2v) is 6.85. The lowest BCUT2D eigenvalue weighted by Gasteiger charge is -2.15. The molecule has 0 atom stereocenters. The lowest BCUT2D eigenvalue weighted by atomic mass is 9.96. The highest BCUT2D eigenvalue weighted by Crippen LogP contribution is 2.25. The van der Waals surface area contributed by atoms with Crippen LogP contribution in [0.4, 0.5) is 0 Å². The lowest BCUT2D eigenvalue weighted by molar-refractivity contribution is 0.443. The van der Waals surface area contributed by atoms with Crippen LogP contribution in [-0.2, 0) is 12.0 Å². The SMILES string of the molecule is CC(C)(C#N)CNCc1csc(C(C)(C)C)n1. The van der Waals surface area contributed by atoms with Crippen LogP contribution in [0, 0.1) is 16.7 Å². The van der Waals surface area contributed by atoms with Crippen molar-refractivity contribution in [2.75, 3.05) is 6.54 Å². The van der Waals surface area contributed by atoms with Gasteiger partial charge in [0, 0.05) is 23.9 Å². The average molecular weight is 251 g/mol. The van der Waals surface area contributed by atoms with Crippen molar-refractivity contribution in [2.24, 2.45) is 5.41 Å². The van der Waals surface area contributed by atoms with E-state index in [9.17, 15) is 0 Å². The standard InChI is InChI=1S/C13H21N3S/c1-12(2,3)11-16-10(7-17-11)6-15-9-13(4,5)8-14/h7,15H,6,9H2,1-5H3. The number of hydrogen-bond acceptors (Lipinski definition) is 4. The number of rotatable bonds is 4. The summed E-state index contributed by atoms with van der Waals surface area (Å²) in [5, 5.41) is 15.4. The van der Waals surface area contributed by atoms with Crippen LogP contribution in [0.5, 0.6) is 0 Å². The molecule has 0 aliphatic rings. The number of nitrogens with one attached hydrogen (secondary N) is 1. The summed E-state index contributed by atoms with van der Waals surface area (Å²) in [7, 11) is 0. The van der Waals surface area contributed by atoms with E-state index in [1.807, 2.05) is 13.8 Å². The normalized spacial score (nSPS) is 12.5. The smallest absolute Gasteiger partial charge is 0.0982 e. The van der Waals surface area contributed by atoms with Crippen molar-refractivity contribution < 1.29 is 0 Å². The van der Waals surface area contributed by atoms with E-state index in [0.717, 1.165) is 17.2 Å². The van der Waals surface area contributed by atoms with Crippen LogP contribution in [0.3, 0.4) is 0 Å². The van der Waals surface area contributed by atoms with Gasteiger partial charge in [0.2, 0.25) is 0 Å². The molecule has 94 valence electrons. The molecule has 1 N–H and O–H groups in total. The average Bonchev–Trinajstić information content (AvgIpc) is 2.66. The fraction of sp³-hybridized carbons (Fsp3) is 0.692. The first-order valence-electron chi connectivity index (χ1n) is 5.81. The summed E-state index contributed by atoms with van der Waals surface area (Å²) in [5.41, 5.74) is 0.867. The molecule has 0 spiro atoms. The Morgan fingerprint density at radius 2 is 2.00 bits per heavy atom. The molecule has 3 nitrogen and oxygen atoms in total. The van der Waals surface area contributed by atoms with Gasteiger partial charge >= 0.3 is 0 Å². The van der Waals surface area contributed by atoms with Gasteiger partial charge in [-0.25, -0.2) is 4.98 Å². The van der Waals surface area contributed by atoms with Gasteiger partial charge in [0.1, 0.15) is 0 Å². The van der Waals surface area contributed by atoms with E-state index in [0.29, 0.717) is 6.54 Å². The maximum atomic E-state index is 8.90. The minimum absolute atomic E-state index is 0.120. The Bertz CT molecular complexity index is 407. The van der Waals surface area contributed by atoms with E-state index in [-0.39, 0.29) is 10.8 Å². The summed E-state index contributed by atoms with van der Waals surface area (Å²) in [6, 6.07) is 2.28. The van der Waals surface area contributed by atoms with E-state index < -0.39 is 0 Å². The first-order valence-corrected chi connectivity index (χ1v) is 6.69. The second kappa shape index (κ2) is 5.16. The highest BCUT2D eigenvalue weighted by atomic mass is 32.1. The number of nitriles is 1. The third kappa shape index (κ3) is 4.45. The van der Waals surface area contributed by atoms with Crippen LogP contribution in [0.15, 0.2) is 5.38 Å². The summed E-state index contributed by atoms with van der Waals surface area (Å²) < 4.78 is 0. The molecule has 17 heavy (non-hydrogen) atoms. The second-order valence-electron chi connectivity index (χ2n) is 5.99. The maximum Gasteiger partial charge on any atom is 0.0982 e. The van der Waals surface area contributed by atoms with E-state index in [1.54, 1.807) is 11.3 Å². The Morgan fingerprint density at radius 3 is 2.47 bits per heavy atom. The number of nitrogens with zero attached hydrogens (tertiary/aromatic N) is 2. The molecule has 0 aliphatic heterocycles. The molecular weight excluding hydrogens is 230 g/mol. The van der Waals surface area contributed by atoms with Gasteiger partial charge in [0.05, 0.1) is 22.2 Å². The summed E-state index contributed by atoms with van der Waals surface area (Å²) in [6.45, 7) is 11.8. The topological polar surface area (TPSA) is 48.7 Å². The quantitative estimate of drug-likeness (QED) is 0.894. The fourth-order valence-electron chi connectivity index (χ4n) is 1.28. The van der Waals surface area contributed by atoms with Crippen molar-refractivity contribution >= 4 is 11.3 Å². The van der Waals surface area contributed by atoms with Crippen LogP contribution in [-0.4, -0.2) is 11.5 Å². The molecule has 0 saturated carbocycles. The van der Waals surface area contributed by atoms with Crippen LogP contribution in [0.2, 0.25) is 0 Å². The van der Waals surface area contributed by atoms with Crippen molar-refractivity contribution in [1.29, 1.82) is 5.26 Å². The maximum absolute atomic E-state index is 8.90. The molecule has 1 aromatic heterocycles. The molecule has 0 fully saturated rings. The molecule has 1 aromatic rings. The van der Waals surface area contributed by atoms with Crippen molar-refractivity contribution in [3.63, 3.8) is 0 Å². The van der Waals surface area contributed by atoms with E-state index in [4.69, 9.17) is 5.26 Å². The molecule has 0 aliphatic carbocycles. The van der Waals surface area contributed by atoms with Crippen molar-refractivity contribution in [3.05, 3.63) is 16.1 Å². The summed E-state index contributed by atoms with van der Waals surface area (Å²) in [4.78, 5) is 4.60. The Balaban J connectivity index is 2.49. The molecule has 0 radical (unpaired) electrons. The Kier molecular flexibility index (Phi) is 4.29. The first kappa shape index (κ1) is 14.1. The summed E-state index contributed by atoms with van der Waals surface area (Å²) in [6.07, 6.45) is 0. The molecule has 1 rings (SSSR count). The minimum atomic E-state index is -0.317. The van der Waals surface area contributed by atoms with E-state index in [2.05, 4.69) is 42.5 Å². The highest BCUT2D eigenvalue weighted by molar-refractivity contribution is 7.09. The predicted molar refractivity (Wildman–Crippen MR) is 71.9 cm³/mol. The Hall–Kier alpha value is -0.920. The number of aromatic nitrogens is 1. The fourth-order valence-corrected chi connectivity index (χ4v) is 2.18. The monoisotopic (exact) mass is 251 g/mol. The van der Waals surface area contributed by atoms with Gasteiger partial charge in [-0.3, -0.25) is 0 Å². The molecule has 0 unspecified atom stereocenters. The van der Waals surface area contributed by atoms with E-state index >= 15 is 0 Å². The van der Waals surface area contributed by atoms with Crippen molar-refractivity contribution in [3.8, 4) is 6.07 Å². The zero-order chi connectivity index (χ0) is 13.1. The number of thiazole rings is 1. The number of hydrogen-bond donors (Lipinski definition) is 1. The van der Waals surface area contributed by atoms with Crippen molar-refractivity contribution in [1.82, 2.24) is 10.3 Å². The van der Waals surface area contributed by atoms with Crippen molar-refractivity contribution in [2.45, 2.75) is 46.6 Å². The predicted octanol–water partition coefficient (Wildman–Crippen LogP) is 3.08. The Morgan fingerprint density at radius 1 is 1.35 bits per heavy atom. The van der Waals surface area contributed by atoms with E-state index in [1.165, 1.54) is 0 Å². The molecule has 0 aromatic carbocycles. The molecular formula is C13H21N3S. The minimum Gasteiger partial charge on any atom is -0.310 e. The van der Waals surface area contributed by atoms with Crippen LogP contribution < -0.4 is 5.32 Å². The summed E-state index contributed by atoms with van der Waals surface area (Å²) >= 11 is 1.70. The van der Waals surface area contributed by atoms with Gasteiger partial charge < -0.3 is 5.32 Å². The summed E-state index contributed by atoms with van der Waals surface area (Å²) in [5.74, 6) is 0. The lowest BCUT2D eigenvalue weighted by Crippen LogP contribution is -2.27. The zero-order valence-electron chi connectivity index (χ0n) is 11.3. The first-order chi connectivity index (χ1) is 7.74. The molecule has 0 saturated heterocycles. The van der Waals surface area contributed by atoms with Gasteiger partial charge in [-0.15, -0.1) is 11.3 Å². The highest BCUT2D eigenvalue weighted by Gasteiger charge is 2.19. The van der Waals surface area contributed by atoms with Gasteiger partial charge in [-0.05, 0) is 13.8 Å². The molecule has 0 amide bonds. The van der Waals surface area contributed by atoms with Gasteiger partial charge in [0.15, 0.2) is 0 Å². The van der Waals surface area contributed by atoms with Gasteiger partial charge in [-0.2, -0.15) is 5.26 Å². The van der Waals surface area contributed by atoms with Gasteiger partial charge in [-0.1, -0.05) is 20.8 Å². The molecule has 1 heterocycles. The van der Waals surface area contributed by atoms with Crippen LogP contribution in [0.1, 0.15) is 45.3 Å². The molecule has 4 heteroatoms.